The Balaban J connectivity index is 0.00000280. The van der Waals surface area contributed by atoms with Crippen LogP contribution in [0.3, 0.4) is 0 Å². The highest BCUT2D eigenvalue weighted by atomic mass is 35.5. The van der Waals surface area contributed by atoms with Gasteiger partial charge in [0.2, 0.25) is 0 Å². The quantitative estimate of drug-likeness (QED) is 0.676. The fourth-order valence-corrected chi connectivity index (χ4v) is 2.43. The number of nitrogens with one attached hydrogen (secondary N) is 1. The molecule has 2 aromatic carbocycles. The predicted octanol–water partition coefficient (Wildman–Crippen LogP) is 5.18. The van der Waals surface area contributed by atoms with E-state index < -0.39 is 29.7 Å². The first kappa shape index (κ1) is 22.1. The second kappa shape index (κ2) is 8.04. The molecule has 0 spiro atoms. The summed E-state index contributed by atoms with van der Waals surface area (Å²) in [4.78, 5) is 0. The van der Waals surface area contributed by atoms with Gasteiger partial charge in [0.05, 0.1) is 5.56 Å². The normalized spacial score (nSPS) is 14.8. The lowest BCUT2D eigenvalue weighted by Crippen LogP contribution is -2.50. The van der Waals surface area contributed by atoms with Crippen molar-refractivity contribution in [3.8, 4) is 22.6 Å². The molecule has 1 aliphatic rings. The fraction of sp³-hybridized carbons (Fsp3) is 0.294. The molecule has 1 heterocycles. The van der Waals surface area contributed by atoms with E-state index in [4.69, 9.17) is 4.74 Å². The van der Waals surface area contributed by atoms with Crippen LogP contribution in [0, 0.1) is 5.82 Å². The van der Waals surface area contributed by atoms with E-state index in [1.807, 2.05) is 0 Å². The molecular formula is C17H13ClF7NO2. The number of benzene rings is 2. The Hall–Kier alpha value is -2.20. The smallest absolute Gasteiger partial charge is 0.484 e. The second-order valence-corrected chi connectivity index (χ2v) is 5.80. The molecule has 1 saturated heterocycles. The third-order valence-electron chi connectivity index (χ3n) is 3.81. The van der Waals surface area contributed by atoms with E-state index in [-0.39, 0.29) is 41.5 Å². The van der Waals surface area contributed by atoms with Crippen molar-refractivity contribution in [3.05, 3.63) is 47.8 Å². The average Bonchev–Trinajstić information content (AvgIpc) is 2.49. The summed E-state index contributed by atoms with van der Waals surface area (Å²) in [6.07, 6.45) is -10.1. The Kier molecular flexibility index (Phi) is 6.34. The minimum atomic E-state index is -5.02. The summed E-state index contributed by atoms with van der Waals surface area (Å²) in [6, 6.07) is 5.06. The van der Waals surface area contributed by atoms with E-state index in [1.165, 1.54) is 6.07 Å². The fourth-order valence-electron chi connectivity index (χ4n) is 2.43. The van der Waals surface area contributed by atoms with Crippen LogP contribution in [0.25, 0.3) is 11.1 Å². The van der Waals surface area contributed by atoms with Crippen LogP contribution >= 0.6 is 12.4 Å². The van der Waals surface area contributed by atoms with Crippen molar-refractivity contribution < 1.29 is 40.2 Å². The van der Waals surface area contributed by atoms with E-state index in [9.17, 15) is 30.7 Å². The maximum Gasteiger partial charge on any atom is 0.573 e. The maximum absolute atomic E-state index is 14.1. The minimum Gasteiger partial charge on any atom is -0.484 e. The molecule has 0 amide bonds. The summed E-state index contributed by atoms with van der Waals surface area (Å²) in [5.74, 6) is -2.12. The van der Waals surface area contributed by atoms with Gasteiger partial charge in [-0.15, -0.1) is 25.6 Å². The van der Waals surface area contributed by atoms with Gasteiger partial charge in [-0.3, -0.25) is 0 Å². The summed E-state index contributed by atoms with van der Waals surface area (Å²) < 4.78 is 99.3. The molecule has 3 nitrogen and oxygen atoms in total. The standard InChI is InChI=1S/C17H12F7NO2.ClH/c18-13-6-10(16(19,20)21)2-3-12(13)9-1-4-14(26-11-7-25-8-11)15(5-9)27-17(22,23)24;/h1-6,11,25H,7-8H2;1H. The molecule has 0 bridgehead atoms. The largest absolute Gasteiger partial charge is 0.573 e. The van der Waals surface area contributed by atoms with Crippen LogP contribution in [-0.2, 0) is 6.18 Å². The Morgan fingerprint density at radius 3 is 2.07 bits per heavy atom. The van der Waals surface area contributed by atoms with Crippen LogP contribution < -0.4 is 14.8 Å². The summed E-state index contributed by atoms with van der Waals surface area (Å²) in [5, 5.41) is 2.88. The highest BCUT2D eigenvalue weighted by Gasteiger charge is 2.34. The lowest BCUT2D eigenvalue weighted by Gasteiger charge is -2.28. The third kappa shape index (κ3) is 5.20. The molecule has 1 fully saturated rings. The number of ether oxygens (including phenoxy) is 2. The first-order valence-electron chi connectivity index (χ1n) is 7.67. The minimum absolute atomic E-state index is 0. The van der Waals surface area contributed by atoms with Crippen molar-refractivity contribution >= 4 is 12.4 Å². The monoisotopic (exact) mass is 431 g/mol. The van der Waals surface area contributed by atoms with Crippen molar-refractivity contribution in [1.82, 2.24) is 5.32 Å². The molecule has 0 aliphatic carbocycles. The molecular weight excluding hydrogens is 419 g/mol. The zero-order valence-electron chi connectivity index (χ0n) is 13.8. The van der Waals surface area contributed by atoms with Crippen molar-refractivity contribution in [2.75, 3.05) is 13.1 Å². The highest BCUT2D eigenvalue weighted by molar-refractivity contribution is 5.85. The first-order chi connectivity index (χ1) is 12.5. The van der Waals surface area contributed by atoms with Gasteiger partial charge >= 0.3 is 12.5 Å². The van der Waals surface area contributed by atoms with Crippen molar-refractivity contribution in [3.63, 3.8) is 0 Å². The number of alkyl halides is 6. The summed E-state index contributed by atoms with van der Waals surface area (Å²) in [6.45, 7) is 0.890. The van der Waals surface area contributed by atoms with Gasteiger partial charge < -0.3 is 14.8 Å². The summed E-state index contributed by atoms with van der Waals surface area (Å²) in [7, 11) is 0. The molecule has 0 saturated carbocycles. The van der Waals surface area contributed by atoms with Gasteiger partial charge in [0.1, 0.15) is 11.9 Å². The Morgan fingerprint density at radius 2 is 1.57 bits per heavy atom. The number of hydrogen-bond donors (Lipinski definition) is 1. The topological polar surface area (TPSA) is 30.5 Å². The Labute approximate surface area is 160 Å². The average molecular weight is 432 g/mol. The second-order valence-electron chi connectivity index (χ2n) is 5.80. The highest BCUT2D eigenvalue weighted by Crippen LogP contribution is 2.38. The Morgan fingerprint density at radius 1 is 0.893 bits per heavy atom. The zero-order valence-corrected chi connectivity index (χ0v) is 14.6. The van der Waals surface area contributed by atoms with Crippen molar-refractivity contribution in [1.29, 1.82) is 0 Å². The van der Waals surface area contributed by atoms with Crippen LogP contribution in [0.15, 0.2) is 36.4 Å². The van der Waals surface area contributed by atoms with Crippen LogP contribution in [0.4, 0.5) is 30.7 Å². The van der Waals surface area contributed by atoms with E-state index in [0.717, 1.165) is 18.2 Å². The van der Waals surface area contributed by atoms with E-state index in [2.05, 4.69) is 10.1 Å². The predicted molar refractivity (Wildman–Crippen MR) is 88.1 cm³/mol. The van der Waals surface area contributed by atoms with Gasteiger partial charge in [-0.1, -0.05) is 12.1 Å². The Bertz CT molecular complexity index is 835. The van der Waals surface area contributed by atoms with E-state index in [1.54, 1.807) is 0 Å². The maximum atomic E-state index is 14.1. The first-order valence-corrected chi connectivity index (χ1v) is 7.67. The van der Waals surface area contributed by atoms with Crippen LogP contribution in [0.2, 0.25) is 0 Å². The van der Waals surface area contributed by atoms with E-state index >= 15 is 0 Å². The van der Waals surface area contributed by atoms with Gasteiger partial charge in [0.15, 0.2) is 11.5 Å². The van der Waals surface area contributed by atoms with Gasteiger partial charge in [-0.2, -0.15) is 13.2 Å². The number of halogens is 8. The molecule has 0 unspecified atom stereocenters. The molecule has 0 atom stereocenters. The number of rotatable bonds is 4. The zero-order chi connectivity index (χ0) is 19.8. The van der Waals surface area contributed by atoms with Crippen LogP contribution in [-0.4, -0.2) is 25.6 Å². The molecule has 154 valence electrons. The molecule has 1 N–H and O–H groups in total. The molecule has 0 radical (unpaired) electrons. The van der Waals surface area contributed by atoms with Crippen molar-refractivity contribution in [2.24, 2.45) is 0 Å². The number of hydrogen-bond acceptors (Lipinski definition) is 3. The summed E-state index contributed by atoms with van der Waals surface area (Å²) in [5.41, 5.74) is -1.58. The van der Waals surface area contributed by atoms with Gasteiger partial charge in [-0.25, -0.2) is 4.39 Å². The van der Waals surface area contributed by atoms with Crippen LogP contribution in [0.1, 0.15) is 5.56 Å². The summed E-state index contributed by atoms with van der Waals surface area (Å²) >= 11 is 0. The third-order valence-corrected chi connectivity index (χ3v) is 3.81. The van der Waals surface area contributed by atoms with Gasteiger partial charge in [0, 0.05) is 18.7 Å². The molecule has 28 heavy (non-hydrogen) atoms. The SMILES string of the molecule is Cl.Fc1cc(C(F)(F)F)ccc1-c1ccc(OC2CNC2)c(OC(F)(F)F)c1. The lowest BCUT2D eigenvalue weighted by molar-refractivity contribution is -0.275. The van der Waals surface area contributed by atoms with E-state index in [0.29, 0.717) is 19.2 Å². The van der Waals surface area contributed by atoms with Crippen LogP contribution in [0.5, 0.6) is 11.5 Å². The molecule has 1 aliphatic heterocycles. The molecule has 2 aromatic rings. The lowest BCUT2D eigenvalue weighted by atomic mass is 10.0. The van der Waals surface area contributed by atoms with Gasteiger partial charge in [-0.05, 0) is 29.8 Å². The molecule has 0 aromatic heterocycles. The van der Waals surface area contributed by atoms with Gasteiger partial charge in [0.25, 0.3) is 0 Å². The molecule has 3 rings (SSSR count). The van der Waals surface area contributed by atoms with Crippen molar-refractivity contribution in [2.45, 2.75) is 18.6 Å². The molecule has 11 heteroatoms.